The number of imidazole rings is 1. The van der Waals surface area contributed by atoms with Crippen molar-refractivity contribution in [2.75, 3.05) is 6.61 Å². The van der Waals surface area contributed by atoms with Crippen LogP contribution < -0.4 is 4.74 Å². The second-order valence-electron chi connectivity index (χ2n) is 11.3. The van der Waals surface area contributed by atoms with Gasteiger partial charge in [0.25, 0.3) is 6.01 Å². The molecule has 1 unspecified atom stereocenters. The van der Waals surface area contributed by atoms with Crippen LogP contribution in [0.1, 0.15) is 59.7 Å². The number of aromatic nitrogens is 4. The number of rotatable bonds is 10. The lowest BCUT2D eigenvalue weighted by Gasteiger charge is -2.27. The van der Waals surface area contributed by atoms with Crippen LogP contribution in [0.3, 0.4) is 0 Å². The number of benzene rings is 1. The first-order chi connectivity index (χ1) is 21.4. The van der Waals surface area contributed by atoms with Gasteiger partial charge in [0, 0.05) is 36.1 Å². The number of hydrogen-bond acceptors (Lipinski definition) is 7. The zero-order chi connectivity index (χ0) is 30.2. The summed E-state index contributed by atoms with van der Waals surface area (Å²) in [6.07, 6.45) is 7.95. The van der Waals surface area contributed by atoms with Crippen molar-refractivity contribution < 1.29 is 28.2 Å². The van der Waals surface area contributed by atoms with Gasteiger partial charge >= 0.3 is 5.97 Å². The molecule has 11 heteroatoms. The number of carboxylic acids is 1. The van der Waals surface area contributed by atoms with Crippen molar-refractivity contribution in [2.24, 2.45) is 5.92 Å². The number of pyridine rings is 2. The quantitative estimate of drug-likeness (QED) is 0.175. The van der Waals surface area contributed by atoms with Crippen LogP contribution in [0.2, 0.25) is 5.02 Å². The molecule has 9 nitrogen and oxygen atoms in total. The van der Waals surface area contributed by atoms with E-state index in [2.05, 4.69) is 11.1 Å². The van der Waals surface area contributed by atoms with Gasteiger partial charge in [0.1, 0.15) is 23.5 Å². The molecule has 5 aromatic rings. The SMILES string of the molecule is O=C(O)c1ccc2nc(CCC3CC=C(c4cccc(OCc5ccc(Cl)c6cc(F)oc56)n4)CC3)n(C[C@@H]3CCO3)c2n1. The molecule has 7 rings (SSSR count). The van der Waals surface area contributed by atoms with Gasteiger partial charge in [-0.05, 0) is 67.9 Å². The fourth-order valence-corrected chi connectivity index (χ4v) is 6.16. The number of hydrogen-bond donors (Lipinski definition) is 1. The average Bonchev–Trinajstić information content (AvgIpc) is 3.58. The lowest BCUT2D eigenvalue weighted by molar-refractivity contribution is -0.0591. The largest absolute Gasteiger partial charge is 0.477 e. The van der Waals surface area contributed by atoms with Crippen molar-refractivity contribution >= 4 is 45.3 Å². The van der Waals surface area contributed by atoms with Gasteiger partial charge in [-0.1, -0.05) is 29.8 Å². The Labute approximate surface area is 257 Å². The summed E-state index contributed by atoms with van der Waals surface area (Å²) in [4.78, 5) is 25.5. The third-order valence-electron chi connectivity index (χ3n) is 8.48. The van der Waals surface area contributed by atoms with Crippen LogP contribution in [0.15, 0.2) is 59.0 Å². The Bertz CT molecular complexity index is 1900. The first-order valence-electron chi connectivity index (χ1n) is 14.8. The summed E-state index contributed by atoms with van der Waals surface area (Å²) in [6, 6.07) is 13.0. The van der Waals surface area contributed by atoms with Crippen molar-refractivity contribution in [3.63, 3.8) is 0 Å². The van der Waals surface area contributed by atoms with E-state index in [1.165, 1.54) is 17.7 Å². The second-order valence-corrected chi connectivity index (χ2v) is 11.7. The van der Waals surface area contributed by atoms with E-state index in [0.29, 0.717) is 51.1 Å². The van der Waals surface area contributed by atoms with E-state index in [9.17, 15) is 14.3 Å². The summed E-state index contributed by atoms with van der Waals surface area (Å²) in [5.74, 6) is 0.845. The van der Waals surface area contributed by atoms with Crippen LogP contribution in [-0.2, 0) is 24.3 Å². The van der Waals surface area contributed by atoms with E-state index in [1.807, 2.05) is 16.7 Å². The van der Waals surface area contributed by atoms with Crippen molar-refractivity contribution in [1.82, 2.24) is 19.5 Å². The van der Waals surface area contributed by atoms with E-state index >= 15 is 0 Å². The molecule has 2 aliphatic rings. The highest BCUT2D eigenvalue weighted by molar-refractivity contribution is 6.35. The van der Waals surface area contributed by atoms with E-state index in [4.69, 9.17) is 35.5 Å². The number of aromatic carboxylic acids is 1. The molecule has 5 heterocycles. The smallest absolute Gasteiger partial charge is 0.354 e. The minimum absolute atomic E-state index is 0.0166. The maximum absolute atomic E-state index is 13.7. The fourth-order valence-electron chi connectivity index (χ4n) is 5.95. The minimum Gasteiger partial charge on any atom is -0.477 e. The number of halogens is 2. The molecule has 44 heavy (non-hydrogen) atoms. The summed E-state index contributed by atoms with van der Waals surface area (Å²) in [5.41, 5.74) is 4.46. The number of carbonyl (C=O) groups is 1. The van der Waals surface area contributed by atoms with Gasteiger partial charge in [-0.3, -0.25) is 0 Å². The van der Waals surface area contributed by atoms with Gasteiger partial charge in [-0.2, -0.15) is 4.39 Å². The van der Waals surface area contributed by atoms with Crippen LogP contribution in [0.4, 0.5) is 4.39 Å². The maximum Gasteiger partial charge on any atom is 0.354 e. The lowest BCUT2D eigenvalue weighted by Crippen LogP contribution is -2.32. The van der Waals surface area contributed by atoms with Crippen LogP contribution in [0, 0.1) is 11.9 Å². The molecular weight excluding hydrogens is 587 g/mol. The molecule has 0 bridgehead atoms. The molecule has 1 aliphatic carbocycles. The molecule has 0 spiro atoms. The van der Waals surface area contributed by atoms with Gasteiger partial charge in [0.15, 0.2) is 11.3 Å². The highest BCUT2D eigenvalue weighted by atomic mass is 35.5. The van der Waals surface area contributed by atoms with E-state index in [0.717, 1.165) is 56.7 Å². The molecule has 4 aromatic heterocycles. The molecule has 226 valence electrons. The highest BCUT2D eigenvalue weighted by Gasteiger charge is 2.24. The van der Waals surface area contributed by atoms with Gasteiger partial charge in [-0.15, -0.1) is 0 Å². The number of furan rings is 1. The van der Waals surface area contributed by atoms with Crippen molar-refractivity contribution in [1.29, 1.82) is 0 Å². The zero-order valence-corrected chi connectivity index (χ0v) is 24.6. The Balaban J connectivity index is 1.00. The van der Waals surface area contributed by atoms with Gasteiger partial charge < -0.3 is 23.6 Å². The van der Waals surface area contributed by atoms with E-state index in [-0.39, 0.29) is 18.4 Å². The summed E-state index contributed by atoms with van der Waals surface area (Å²) in [6.45, 7) is 1.55. The Morgan fingerprint density at radius 1 is 1.14 bits per heavy atom. The number of allylic oxidation sites excluding steroid dienone is 2. The first-order valence-corrected chi connectivity index (χ1v) is 15.2. The molecule has 1 aliphatic heterocycles. The number of nitrogens with zero attached hydrogens (tertiary/aromatic N) is 4. The van der Waals surface area contributed by atoms with Crippen LogP contribution in [-0.4, -0.2) is 43.3 Å². The predicted octanol–water partition coefficient (Wildman–Crippen LogP) is 7.25. The monoisotopic (exact) mass is 616 g/mol. The normalized spacial score (nSPS) is 18.4. The predicted molar refractivity (Wildman–Crippen MR) is 162 cm³/mol. The molecule has 1 aromatic carbocycles. The summed E-state index contributed by atoms with van der Waals surface area (Å²) < 4.78 is 32.6. The Morgan fingerprint density at radius 3 is 2.80 bits per heavy atom. The van der Waals surface area contributed by atoms with E-state index in [1.54, 1.807) is 24.3 Å². The average molecular weight is 617 g/mol. The number of fused-ring (bicyclic) bond motifs is 2. The number of aryl methyl sites for hydroxylation is 1. The molecule has 1 N–H and O–H groups in total. The summed E-state index contributed by atoms with van der Waals surface area (Å²) in [7, 11) is 0. The topological polar surface area (TPSA) is 112 Å². The lowest BCUT2D eigenvalue weighted by atomic mass is 9.85. The standard InChI is InChI=1S/C33H30ClFN4O5/c34-24-10-9-21(31-23(24)16-28(35)44-31)18-43-30-3-1-2-25(37-30)20-7-4-19(5-8-20)6-13-29-36-26-11-12-27(33(40)41)38-32(26)39(29)17-22-14-15-42-22/h1-3,7,9-12,16,19,22H,4-6,8,13-15,17-18H2,(H,40,41)/t19?,22-/m0/s1. The molecule has 0 radical (unpaired) electrons. The maximum atomic E-state index is 13.7. The number of carboxylic acid groups (broad SMARTS) is 1. The molecular formula is C33H30ClFN4O5. The molecule has 1 saturated heterocycles. The van der Waals surface area contributed by atoms with Crippen LogP contribution in [0.25, 0.3) is 27.7 Å². The van der Waals surface area contributed by atoms with Crippen molar-refractivity contribution in [2.45, 2.75) is 57.8 Å². The Hall–Kier alpha value is -4.28. The first kappa shape index (κ1) is 28.5. The third kappa shape index (κ3) is 5.79. The van der Waals surface area contributed by atoms with Gasteiger partial charge in [-0.25, -0.2) is 19.7 Å². The molecule has 1 fully saturated rings. The summed E-state index contributed by atoms with van der Waals surface area (Å²) in [5, 5.41) is 10.4. The Kier molecular flexibility index (Phi) is 7.78. The van der Waals surface area contributed by atoms with Crippen LogP contribution in [0.5, 0.6) is 5.88 Å². The molecule has 0 saturated carbocycles. The van der Waals surface area contributed by atoms with Crippen LogP contribution >= 0.6 is 11.6 Å². The van der Waals surface area contributed by atoms with Gasteiger partial charge in [0.2, 0.25) is 5.88 Å². The minimum atomic E-state index is -1.05. The fraction of sp³-hybridized carbons (Fsp3) is 0.333. The molecule has 0 amide bonds. The van der Waals surface area contributed by atoms with E-state index < -0.39 is 12.0 Å². The zero-order valence-electron chi connectivity index (χ0n) is 23.8. The highest BCUT2D eigenvalue weighted by Crippen LogP contribution is 2.34. The second kappa shape index (κ2) is 12.0. The van der Waals surface area contributed by atoms with Crippen molar-refractivity contribution in [3.8, 4) is 5.88 Å². The Morgan fingerprint density at radius 2 is 2.02 bits per heavy atom. The van der Waals surface area contributed by atoms with Gasteiger partial charge in [0.05, 0.1) is 23.4 Å². The molecule has 2 atom stereocenters. The number of ether oxygens (including phenoxy) is 2. The summed E-state index contributed by atoms with van der Waals surface area (Å²) >= 11 is 6.18. The third-order valence-corrected chi connectivity index (χ3v) is 8.81. The van der Waals surface area contributed by atoms with Crippen molar-refractivity contribution in [3.05, 3.63) is 88.4 Å².